The summed E-state index contributed by atoms with van der Waals surface area (Å²) in [6, 6.07) is 10.4. The number of hydrogen-bond acceptors (Lipinski definition) is 4. The van der Waals surface area contributed by atoms with E-state index in [1.54, 1.807) is 0 Å². The molecule has 5 nitrogen and oxygen atoms in total. The number of benzene rings is 1. The summed E-state index contributed by atoms with van der Waals surface area (Å²) in [4.78, 5) is 11.8. The van der Waals surface area contributed by atoms with Crippen molar-refractivity contribution in [3.63, 3.8) is 0 Å². The molecule has 1 heterocycles. The molecule has 0 bridgehead atoms. The van der Waals surface area contributed by atoms with Crippen LogP contribution in [0.15, 0.2) is 34.9 Å². The second-order valence-corrected chi connectivity index (χ2v) is 10.0. The molecule has 0 aliphatic heterocycles. The average Bonchev–Trinajstić information content (AvgIpc) is 2.95. The van der Waals surface area contributed by atoms with Crippen LogP contribution >= 0.6 is 15.9 Å². The van der Waals surface area contributed by atoms with Gasteiger partial charge in [0.25, 0.3) is 0 Å². The molecular formula is C24H33BrN2O3. The average molecular weight is 477 g/mol. The molecule has 0 atom stereocenters. The first-order valence-electron chi connectivity index (χ1n) is 10.8. The lowest BCUT2D eigenvalue weighted by atomic mass is 9.82. The molecule has 1 aliphatic rings. The van der Waals surface area contributed by atoms with E-state index in [0.29, 0.717) is 18.4 Å². The monoisotopic (exact) mass is 476 g/mol. The fourth-order valence-corrected chi connectivity index (χ4v) is 4.83. The smallest absolute Gasteiger partial charge is 0.332 e. The Morgan fingerprint density at radius 3 is 2.40 bits per heavy atom. The summed E-state index contributed by atoms with van der Waals surface area (Å²) in [6.07, 6.45) is 4.59. The first-order chi connectivity index (χ1) is 14.2. The molecule has 1 aromatic carbocycles. The van der Waals surface area contributed by atoms with Crippen molar-refractivity contribution in [2.45, 2.75) is 65.5 Å². The van der Waals surface area contributed by atoms with Gasteiger partial charge in [0.15, 0.2) is 0 Å². The largest absolute Gasteiger partial charge is 0.458 e. The summed E-state index contributed by atoms with van der Waals surface area (Å²) in [7, 11) is 0. The molecule has 1 fully saturated rings. The third kappa shape index (κ3) is 6.42. The lowest BCUT2D eigenvalue weighted by Gasteiger charge is -2.28. The molecule has 164 valence electrons. The van der Waals surface area contributed by atoms with Crippen molar-refractivity contribution in [3.8, 4) is 11.1 Å². The highest BCUT2D eigenvalue weighted by molar-refractivity contribution is 9.10. The molecule has 0 amide bonds. The van der Waals surface area contributed by atoms with Gasteiger partial charge in [-0.05, 0) is 86.7 Å². The van der Waals surface area contributed by atoms with Gasteiger partial charge in [0, 0.05) is 17.8 Å². The minimum absolute atomic E-state index is 0.0416. The molecule has 2 aromatic rings. The van der Waals surface area contributed by atoms with E-state index >= 15 is 0 Å². The predicted octanol–water partition coefficient (Wildman–Crippen LogP) is 5.79. The maximum Gasteiger partial charge on any atom is 0.332 e. The summed E-state index contributed by atoms with van der Waals surface area (Å²) in [5.74, 6) is 0.861. The van der Waals surface area contributed by atoms with E-state index in [1.165, 1.54) is 16.8 Å². The Balaban J connectivity index is 1.46. The molecule has 0 saturated heterocycles. The van der Waals surface area contributed by atoms with E-state index in [2.05, 4.69) is 51.8 Å². The maximum absolute atomic E-state index is 11.8. The number of hydrogen-bond donors (Lipinski definition) is 0. The van der Waals surface area contributed by atoms with Gasteiger partial charge in [0.2, 0.25) is 0 Å². The molecule has 0 N–H and O–H groups in total. The predicted molar refractivity (Wildman–Crippen MR) is 122 cm³/mol. The fraction of sp³-hybridized carbons (Fsp3) is 0.583. The highest BCUT2D eigenvalue weighted by atomic mass is 79.9. The Bertz CT molecular complexity index is 834. The van der Waals surface area contributed by atoms with Gasteiger partial charge in [0.1, 0.15) is 16.8 Å². The highest BCUT2D eigenvalue weighted by Gasteiger charge is 2.24. The van der Waals surface area contributed by atoms with Gasteiger partial charge in [-0.25, -0.2) is 4.79 Å². The minimum atomic E-state index is -0.460. The fourth-order valence-electron chi connectivity index (χ4n) is 4.13. The van der Waals surface area contributed by atoms with Crippen molar-refractivity contribution in [2.75, 3.05) is 13.2 Å². The van der Waals surface area contributed by atoms with Gasteiger partial charge in [-0.2, -0.15) is 5.10 Å². The summed E-state index contributed by atoms with van der Waals surface area (Å²) in [5.41, 5.74) is 3.12. The summed E-state index contributed by atoms with van der Waals surface area (Å²) >= 11 is 3.65. The molecule has 30 heavy (non-hydrogen) atoms. The Morgan fingerprint density at radius 2 is 1.77 bits per heavy atom. The number of carbonyl (C=O) groups excluding carboxylic acids is 1. The molecule has 1 aliphatic carbocycles. The molecule has 0 radical (unpaired) electrons. The van der Waals surface area contributed by atoms with Crippen LogP contribution in [0.5, 0.6) is 0 Å². The van der Waals surface area contributed by atoms with E-state index in [1.807, 2.05) is 26.8 Å². The van der Waals surface area contributed by atoms with Crippen molar-refractivity contribution < 1.29 is 14.3 Å². The second-order valence-electron chi connectivity index (χ2n) is 9.29. The van der Waals surface area contributed by atoms with E-state index in [9.17, 15) is 4.79 Å². The number of nitrogens with zero attached hydrogens (tertiary/aromatic N) is 2. The third-order valence-corrected chi connectivity index (χ3v) is 6.17. The first-order valence-corrected chi connectivity index (χ1v) is 11.6. The quantitative estimate of drug-likeness (QED) is 0.474. The maximum atomic E-state index is 11.8. The topological polar surface area (TPSA) is 53.4 Å². The van der Waals surface area contributed by atoms with Gasteiger partial charge in [-0.1, -0.05) is 30.3 Å². The standard InChI is InChI=1S/C24H33BrN2O3/c1-17-22(20-8-6-5-7-9-20)23(25)26-27(17)14-18-10-12-19(13-11-18)15-29-16-21(28)30-24(2,3)4/h5-9,18-19H,10-16H2,1-4H3/t18-,19-. The Labute approximate surface area is 188 Å². The van der Waals surface area contributed by atoms with Crippen LogP contribution in [0.2, 0.25) is 0 Å². The highest BCUT2D eigenvalue weighted by Crippen LogP contribution is 2.34. The molecule has 0 spiro atoms. The Morgan fingerprint density at radius 1 is 1.13 bits per heavy atom. The summed E-state index contributed by atoms with van der Waals surface area (Å²) in [5, 5.41) is 4.76. The third-order valence-electron chi connectivity index (χ3n) is 5.62. The molecule has 1 saturated carbocycles. The van der Waals surface area contributed by atoms with E-state index in [4.69, 9.17) is 14.6 Å². The SMILES string of the molecule is Cc1c(-c2ccccc2)c(Br)nn1C[C@H]1CC[C@H](COCC(=O)OC(C)(C)C)CC1. The van der Waals surface area contributed by atoms with Crippen molar-refractivity contribution in [1.29, 1.82) is 0 Å². The van der Waals surface area contributed by atoms with Gasteiger partial charge in [0.05, 0.1) is 6.61 Å². The molecular weight excluding hydrogens is 444 g/mol. The second kappa shape index (κ2) is 10.1. The summed E-state index contributed by atoms with van der Waals surface area (Å²) in [6.45, 7) is 9.38. The van der Waals surface area contributed by atoms with Crippen LogP contribution in [-0.2, 0) is 20.8 Å². The van der Waals surface area contributed by atoms with Crippen LogP contribution in [0, 0.1) is 18.8 Å². The Hall–Kier alpha value is -1.66. The van der Waals surface area contributed by atoms with Crippen LogP contribution in [0.3, 0.4) is 0 Å². The first kappa shape index (κ1) is 23.0. The number of rotatable bonds is 7. The van der Waals surface area contributed by atoms with Crippen molar-refractivity contribution in [1.82, 2.24) is 9.78 Å². The number of carbonyl (C=O) groups is 1. The number of esters is 1. The number of aromatic nitrogens is 2. The molecule has 3 rings (SSSR count). The van der Waals surface area contributed by atoms with Gasteiger partial charge < -0.3 is 9.47 Å². The number of halogens is 1. The molecule has 1 aromatic heterocycles. The van der Waals surface area contributed by atoms with Crippen LogP contribution in [-0.4, -0.2) is 34.6 Å². The lowest BCUT2D eigenvalue weighted by Crippen LogP contribution is -2.28. The van der Waals surface area contributed by atoms with Crippen LogP contribution in [0.25, 0.3) is 11.1 Å². The van der Waals surface area contributed by atoms with Gasteiger partial charge >= 0.3 is 5.97 Å². The lowest BCUT2D eigenvalue weighted by molar-refractivity contribution is -0.160. The van der Waals surface area contributed by atoms with Crippen molar-refractivity contribution in [3.05, 3.63) is 40.6 Å². The van der Waals surface area contributed by atoms with E-state index in [-0.39, 0.29) is 12.6 Å². The summed E-state index contributed by atoms with van der Waals surface area (Å²) < 4.78 is 14.0. The van der Waals surface area contributed by atoms with Crippen LogP contribution < -0.4 is 0 Å². The van der Waals surface area contributed by atoms with Crippen molar-refractivity contribution in [2.24, 2.45) is 11.8 Å². The zero-order valence-corrected chi connectivity index (χ0v) is 20.1. The zero-order chi connectivity index (χ0) is 21.7. The minimum Gasteiger partial charge on any atom is -0.458 e. The molecule has 6 heteroatoms. The number of ether oxygens (including phenoxy) is 2. The van der Waals surface area contributed by atoms with Gasteiger partial charge in [-0.3, -0.25) is 4.68 Å². The Kier molecular flexibility index (Phi) is 7.75. The normalized spacial score (nSPS) is 19.6. The molecule has 0 unspecified atom stereocenters. The zero-order valence-electron chi connectivity index (χ0n) is 18.5. The van der Waals surface area contributed by atoms with E-state index < -0.39 is 5.60 Å². The van der Waals surface area contributed by atoms with E-state index in [0.717, 1.165) is 36.8 Å². The van der Waals surface area contributed by atoms with Gasteiger partial charge in [-0.15, -0.1) is 0 Å². The van der Waals surface area contributed by atoms with Crippen LogP contribution in [0.1, 0.15) is 52.1 Å². The van der Waals surface area contributed by atoms with Crippen molar-refractivity contribution >= 4 is 21.9 Å². The van der Waals surface area contributed by atoms with Crippen LogP contribution in [0.4, 0.5) is 0 Å².